The lowest BCUT2D eigenvalue weighted by atomic mass is 9.75. The standard InChI is InChI=1S/C19H28Si/c1-14-8-9-15(2)18(12-14)19(3,4)16-10-11-17(13-16)20(5,6)7/h8-9,11-13H,10H2,1-7H3. The molecule has 0 N–H and O–H groups in total. The Bertz CT molecular complexity index is 580. The van der Waals surface area contributed by atoms with Crippen molar-refractivity contribution in [1.29, 1.82) is 0 Å². The minimum atomic E-state index is -1.19. The first-order valence-corrected chi connectivity index (χ1v) is 11.1. The molecule has 1 aromatic rings. The Morgan fingerprint density at radius 1 is 1.05 bits per heavy atom. The van der Waals surface area contributed by atoms with Gasteiger partial charge in [0.2, 0.25) is 0 Å². The quantitative estimate of drug-likeness (QED) is 0.623. The SMILES string of the molecule is Cc1ccc(C)c(C(C)(C)C2=CC([Si](C)(C)C)=CC2)c1. The second kappa shape index (κ2) is 5.03. The molecule has 0 saturated heterocycles. The van der Waals surface area contributed by atoms with E-state index in [4.69, 9.17) is 0 Å². The van der Waals surface area contributed by atoms with E-state index in [-0.39, 0.29) is 5.41 Å². The first-order valence-electron chi connectivity index (χ1n) is 7.62. The van der Waals surface area contributed by atoms with Crippen LogP contribution < -0.4 is 0 Å². The average molecular weight is 285 g/mol. The zero-order chi connectivity index (χ0) is 15.1. The molecule has 1 aliphatic carbocycles. The van der Waals surface area contributed by atoms with E-state index in [9.17, 15) is 0 Å². The van der Waals surface area contributed by atoms with Crippen LogP contribution in [0.4, 0.5) is 0 Å². The second-order valence-electron chi connectivity index (χ2n) is 7.73. The van der Waals surface area contributed by atoms with E-state index >= 15 is 0 Å². The molecule has 0 heterocycles. The fourth-order valence-electron chi connectivity index (χ4n) is 3.07. The summed E-state index contributed by atoms with van der Waals surface area (Å²) < 4.78 is 0. The van der Waals surface area contributed by atoms with Crippen molar-refractivity contribution in [2.75, 3.05) is 0 Å². The van der Waals surface area contributed by atoms with Gasteiger partial charge >= 0.3 is 0 Å². The second-order valence-corrected chi connectivity index (χ2v) is 12.8. The number of rotatable bonds is 3. The Balaban J connectivity index is 2.40. The number of benzene rings is 1. The summed E-state index contributed by atoms with van der Waals surface area (Å²) in [4.78, 5) is 0. The van der Waals surface area contributed by atoms with Crippen LogP contribution in [-0.4, -0.2) is 8.07 Å². The van der Waals surface area contributed by atoms with Crippen molar-refractivity contribution in [1.82, 2.24) is 0 Å². The normalized spacial score (nSPS) is 16.1. The molecule has 0 unspecified atom stereocenters. The molecule has 0 bridgehead atoms. The fourth-order valence-corrected chi connectivity index (χ4v) is 4.39. The van der Waals surface area contributed by atoms with Crippen molar-refractivity contribution in [3.05, 3.63) is 57.8 Å². The van der Waals surface area contributed by atoms with E-state index in [1.807, 2.05) is 0 Å². The van der Waals surface area contributed by atoms with Gasteiger partial charge in [-0.2, -0.15) is 0 Å². The largest absolute Gasteiger partial charge is 0.0812 e. The third-order valence-corrected chi connectivity index (χ3v) is 6.69. The third-order valence-electron chi connectivity index (χ3n) is 4.61. The number of allylic oxidation sites excluding steroid dienone is 4. The molecule has 1 heteroatoms. The maximum Gasteiger partial charge on any atom is 0.0771 e. The molecular weight excluding hydrogens is 256 g/mol. The Morgan fingerprint density at radius 2 is 1.70 bits per heavy atom. The fraction of sp³-hybridized carbons (Fsp3) is 0.474. The first-order chi connectivity index (χ1) is 9.12. The summed E-state index contributed by atoms with van der Waals surface area (Å²) in [5.74, 6) is 0. The van der Waals surface area contributed by atoms with Gasteiger partial charge in [0.15, 0.2) is 0 Å². The highest BCUT2D eigenvalue weighted by Gasteiger charge is 2.31. The Kier molecular flexibility index (Phi) is 3.85. The van der Waals surface area contributed by atoms with E-state index in [0.717, 1.165) is 6.42 Å². The predicted molar refractivity (Wildman–Crippen MR) is 93.1 cm³/mol. The lowest BCUT2D eigenvalue weighted by molar-refractivity contribution is 0.608. The van der Waals surface area contributed by atoms with Gasteiger partial charge in [0.1, 0.15) is 0 Å². The molecule has 0 aliphatic heterocycles. The summed E-state index contributed by atoms with van der Waals surface area (Å²) in [5, 5.41) is 1.62. The minimum absolute atomic E-state index is 0.133. The average Bonchev–Trinajstić information content (AvgIpc) is 2.82. The van der Waals surface area contributed by atoms with E-state index in [1.54, 1.807) is 10.8 Å². The topological polar surface area (TPSA) is 0 Å². The van der Waals surface area contributed by atoms with Gasteiger partial charge in [-0.25, -0.2) is 0 Å². The van der Waals surface area contributed by atoms with Crippen LogP contribution in [0.15, 0.2) is 41.1 Å². The first kappa shape index (κ1) is 15.3. The Labute approximate surface area is 125 Å². The summed E-state index contributed by atoms with van der Waals surface area (Å²) >= 11 is 0. The molecule has 2 rings (SSSR count). The highest BCUT2D eigenvalue weighted by atomic mass is 28.3. The van der Waals surface area contributed by atoms with E-state index in [2.05, 4.69) is 77.7 Å². The Hall–Kier alpha value is -1.08. The molecule has 1 aromatic carbocycles. The van der Waals surface area contributed by atoms with Crippen molar-refractivity contribution in [3.63, 3.8) is 0 Å². The molecular formula is C19H28Si. The third kappa shape index (κ3) is 2.83. The number of hydrogen-bond donors (Lipinski definition) is 0. The molecule has 0 fully saturated rings. The maximum absolute atomic E-state index is 2.49. The van der Waals surface area contributed by atoms with Crippen LogP contribution in [0.1, 0.15) is 37.0 Å². The van der Waals surface area contributed by atoms with E-state index in [1.165, 1.54) is 16.7 Å². The smallest absolute Gasteiger partial charge is 0.0771 e. The van der Waals surface area contributed by atoms with Crippen molar-refractivity contribution in [2.45, 2.75) is 59.2 Å². The van der Waals surface area contributed by atoms with Crippen LogP contribution >= 0.6 is 0 Å². The summed E-state index contributed by atoms with van der Waals surface area (Å²) in [6, 6.07) is 6.83. The molecule has 0 nitrogen and oxygen atoms in total. The van der Waals surface area contributed by atoms with Crippen LogP contribution in [-0.2, 0) is 5.41 Å². The molecule has 0 saturated carbocycles. The molecule has 0 radical (unpaired) electrons. The van der Waals surface area contributed by atoms with Crippen LogP contribution in [0.2, 0.25) is 19.6 Å². The van der Waals surface area contributed by atoms with Gasteiger partial charge in [0, 0.05) is 5.41 Å². The molecule has 20 heavy (non-hydrogen) atoms. The van der Waals surface area contributed by atoms with Gasteiger partial charge in [0.05, 0.1) is 8.07 Å². The van der Waals surface area contributed by atoms with Crippen molar-refractivity contribution >= 4 is 8.07 Å². The monoisotopic (exact) mass is 284 g/mol. The highest BCUT2D eigenvalue weighted by Crippen LogP contribution is 2.40. The van der Waals surface area contributed by atoms with Crippen molar-refractivity contribution in [3.8, 4) is 0 Å². The number of hydrogen-bond acceptors (Lipinski definition) is 0. The summed E-state index contributed by atoms with van der Waals surface area (Å²) in [6.45, 7) is 16.5. The zero-order valence-corrected chi connectivity index (χ0v) is 15.1. The number of aryl methyl sites for hydroxylation is 2. The summed E-state index contributed by atoms with van der Waals surface area (Å²) in [6.07, 6.45) is 6.09. The van der Waals surface area contributed by atoms with Crippen LogP contribution in [0, 0.1) is 13.8 Å². The lowest BCUT2D eigenvalue weighted by Gasteiger charge is -2.30. The maximum atomic E-state index is 2.49. The summed E-state index contributed by atoms with van der Waals surface area (Å²) in [7, 11) is -1.19. The van der Waals surface area contributed by atoms with Crippen molar-refractivity contribution < 1.29 is 0 Å². The lowest BCUT2D eigenvalue weighted by Crippen LogP contribution is -2.23. The van der Waals surface area contributed by atoms with E-state index < -0.39 is 8.07 Å². The molecule has 0 aromatic heterocycles. The predicted octanol–water partition coefficient (Wildman–Crippen LogP) is 5.71. The van der Waals surface area contributed by atoms with Gasteiger partial charge in [0.25, 0.3) is 0 Å². The molecule has 0 atom stereocenters. The molecule has 0 amide bonds. The zero-order valence-electron chi connectivity index (χ0n) is 14.1. The minimum Gasteiger partial charge on any atom is -0.0812 e. The molecule has 1 aliphatic rings. The van der Waals surface area contributed by atoms with Gasteiger partial charge in [-0.15, -0.1) is 0 Å². The van der Waals surface area contributed by atoms with Crippen LogP contribution in [0.5, 0.6) is 0 Å². The molecule has 0 spiro atoms. The van der Waals surface area contributed by atoms with Crippen molar-refractivity contribution in [2.24, 2.45) is 0 Å². The summed E-state index contributed by atoms with van der Waals surface area (Å²) in [5.41, 5.74) is 5.95. The van der Waals surface area contributed by atoms with Gasteiger partial charge in [-0.05, 0) is 31.4 Å². The highest BCUT2D eigenvalue weighted by molar-refractivity contribution is 6.83. The van der Waals surface area contributed by atoms with E-state index in [0.29, 0.717) is 0 Å². The van der Waals surface area contributed by atoms with Gasteiger partial charge in [-0.1, -0.05) is 80.2 Å². The van der Waals surface area contributed by atoms with Gasteiger partial charge in [-0.3, -0.25) is 0 Å². The van der Waals surface area contributed by atoms with Crippen LogP contribution in [0.25, 0.3) is 0 Å². The van der Waals surface area contributed by atoms with Gasteiger partial charge < -0.3 is 0 Å². The molecule has 108 valence electrons. The Morgan fingerprint density at radius 3 is 2.25 bits per heavy atom. The van der Waals surface area contributed by atoms with Crippen LogP contribution in [0.3, 0.4) is 0 Å².